The minimum atomic E-state index is -0.808. The molecule has 0 amide bonds. The van der Waals surface area contributed by atoms with Crippen LogP contribution in [-0.2, 0) is 14.3 Å². The largest absolute Gasteiger partial charge is 0.493 e. The molecule has 1 heterocycles. The summed E-state index contributed by atoms with van der Waals surface area (Å²) in [6.07, 6.45) is 5.23. The van der Waals surface area contributed by atoms with Crippen molar-refractivity contribution in [2.45, 2.75) is 25.0 Å². The number of ketones is 1. The van der Waals surface area contributed by atoms with Crippen LogP contribution in [0.2, 0.25) is 0 Å². The summed E-state index contributed by atoms with van der Waals surface area (Å²) in [5.74, 6) is 1.93. The molecule has 1 saturated heterocycles. The molecule has 6 nitrogen and oxygen atoms in total. The number of ether oxygens (including phenoxy) is 5. The molecule has 0 spiro atoms. The Hall–Kier alpha value is -2.73. The van der Waals surface area contributed by atoms with Crippen molar-refractivity contribution in [2.24, 2.45) is 5.92 Å². The van der Waals surface area contributed by atoms with Gasteiger partial charge in [-0.1, -0.05) is 13.0 Å². The van der Waals surface area contributed by atoms with Crippen LogP contribution in [0.25, 0.3) is 0 Å². The number of rotatable bonds is 7. The second kappa shape index (κ2) is 7.72. The Bertz CT molecular complexity index is 828. The van der Waals surface area contributed by atoms with Gasteiger partial charge in [-0.25, -0.2) is 0 Å². The molecule has 0 saturated carbocycles. The van der Waals surface area contributed by atoms with E-state index in [1.807, 2.05) is 25.1 Å². The highest BCUT2D eigenvalue weighted by molar-refractivity contribution is 6.06. The summed E-state index contributed by atoms with van der Waals surface area (Å²) in [6, 6.07) is 3.72. The summed E-state index contributed by atoms with van der Waals surface area (Å²) in [6.45, 7) is 5.77. The van der Waals surface area contributed by atoms with Crippen molar-refractivity contribution in [1.82, 2.24) is 0 Å². The minimum absolute atomic E-state index is 0.0830. The Kier molecular flexibility index (Phi) is 5.52. The van der Waals surface area contributed by atoms with Gasteiger partial charge in [-0.2, -0.15) is 0 Å². The summed E-state index contributed by atoms with van der Waals surface area (Å²) in [7, 11) is 6.33. The molecule has 1 aliphatic heterocycles. The molecule has 28 heavy (non-hydrogen) atoms. The smallest absolute Gasteiger partial charge is 0.203 e. The molecule has 1 aromatic carbocycles. The zero-order valence-electron chi connectivity index (χ0n) is 16.9. The number of fused-ring (bicyclic) bond motifs is 1. The summed E-state index contributed by atoms with van der Waals surface area (Å²) in [5, 5.41) is 0. The van der Waals surface area contributed by atoms with Crippen LogP contribution >= 0.6 is 0 Å². The van der Waals surface area contributed by atoms with E-state index in [-0.39, 0.29) is 17.8 Å². The first kappa shape index (κ1) is 20.0. The van der Waals surface area contributed by atoms with Crippen molar-refractivity contribution in [1.29, 1.82) is 0 Å². The van der Waals surface area contributed by atoms with Crippen molar-refractivity contribution in [2.75, 3.05) is 28.4 Å². The van der Waals surface area contributed by atoms with E-state index in [1.54, 1.807) is 34.5 Å². The van der Waals surface area contributed by atoms with Gasteiger partial charge in [0.25, 0.3) is 0 Å². The molecule has 1 fully saturated rings. The molecule has 2 unspecified atom stereocenters. The fourth-order valence-electron chi connectivity index (χ4n) is 3.95. The van der Waals surface area contributed by atoms with Gasteiger partial charge in [-0.3, -0.25) is 4.79 Å². The molecular formula is C22H26O6. The monoisotopic (exact) mass is 386 g/mol. The first-order valence-electron chi connectivity index (χ1n) is 9.06. The van der Waals surface area contributed by atoms with E-state index in [4.69, 9.17) is 23.7 Å². The van der Waals surface area contributed by atoms with Crippen LogP contribution in [0.5, 0.6) is 17.2 Å². The lowest BCUT2D eigenvalue weighted by Crippen LogP contribution is -2.38. The molecule has 1 aromatic rings. The van der Waals surface area contributed by atoms with Crippen molar-refractivity contribution < 1.29 is 28.5 Å². The van der Waals surface area contributed by atoms with Crippen LogP contribution in [0.1, 0.15) is 25.0 Å². The van der Waals surface area contributed by atoms with Crippen LogP contribution in [0, 0.1) is 5.92 Å². The van der Waals surface area contributed by atoms with E-state index in [0.717, 1.165) is 5.56 Å². The lowest BCUT2D eigenvalue weighted by atomic mass is 9.78. The van der Waals surface area contributed by atoms with Gasteiger partial charge < -0.3 is 23.7 Å². The molecule has 3 rings (SSSR count). The standard InChI is InChI=1S/C22H26O6/c1-7-8-14-12-22(27-6)13(2)20(28-19(22)11-16(14)23)15-9-17(24-3)21(26-5)18(10-15)25-4/h7,9-13,20H,1,8H2,2-6H3/t13?,20?,22-/m1/s1. The van der Waals surface area contributed by atoms with Crippen molar-refractivity contribution in [3.05, 3.63) is 53.8 Å². The third-order valence-corrected chi connectivity index (χ3v) is 5.45. The topological polar surface area (TPSA) is 63.2 Å². The first-order valence-corrected chi connectivity index (χ1v) is 9.06. The van der Waals surface area contributed by atoms with E-state index < -0.39 is 5.60 Å². The molecule has 0 radical (unpaired) electrons. The third-order valence-electron chi connectivity index (χ3n) is 5.45. The Balaban J connectivity index is 2.08. The fourth-order valence-corrected chi connectivity index (χ4v) is 3.95. The average Bonchev–Trinajstić information content (AvgIpc) is 2.99. The van der Waals surface area contributed by atoms with Crippen LogP contribution in [-0.4, -0.2) is 39.8 Å². The number of hydrogen-bond donors (Lipinski definition) is 0. The molecule has 0 aromatic heterocycles. The number of carbonyl (C=O) groups is 1. The second-order valence-corrected chi connectivity index (χ2v) is 6.82. The normalized spacial score (nSPS) is 26.0. The Labute approximate surface area is 165 Å². The average molecular weight is 386 g/mol. The van der Waals surface area contributed by atoms with E-state index in [0.29, 0.717) is 35.0 Å². The van der Waals surface area contributed by atoms with Crippen molar-refractivity contribution in [3.8, 4) is 17.2 Å². The second-order valence-electron chi connectivity index (χ2n) is 6.82. The van der Waals surface area contributed by atoms with Gasteiger partial charge >= 0.3 is 0 Å². The highest BCUT2D eigenvalue weighted by Gasteiger charge is 2.54. The Morgan fingerprint density at radius 2 is 1.79 bits per heavy atom. The van der Waals surface area contributed by atoms with Gasteiger partial charge in [-0.05, 0) is 24.6 Å². The van der Waals surface area contributed by atoms with Crippen LogP contribution < -0.4 is 14.2 Å². The molecule has 0 bridgehead atoms. The van der Waals surface area contributed by atoms with Crippen LogP contribution in [0.3, 0.4) is 0 Å². The fraction of sp³-hybridized carbons (Fsp3) is 0.409. The van der Waals surface area contributed by atoms with Gasteiger partial charge in [0.2, 0.25) is 5.75 Å². The highest BCUT2D eigenvalue weighted by Crippen LogP contribution is 2.53. The van der Waals surface area contributed by atoms with E-state index in [1.165, 1.54) is 6.08 Å². The summed E-state index contributed by atoms with van der Waals surface area (Å²) in [5.41, 5.74) is 0.693. The Morgan fingerprint density at radius 1 is 1.14 bits per heavy atom. The molecule has 0 N–H and O–H groups in total. The van der Waals surface area contributed by atoms with Gasteiger partial charge in [0.15, 0.2) is 17.3 Å². The lowest BCUT2D eigenvalue weighted by molar-refractivity contribution is -0.112. The first-order chi connectivity index (χ1) is 13.4. The summed E-state index contributed by atoms with van der Waals surface area (Å²) in [4.78, 5) is 12.4. The quantitative estimate of drug-likeness (QED) is 0.665. The van der Waals surface area contributed by atoms with Crippen LogP contribution in [0.4, 0.5) is 0 Å². The SMILES string of the molecule is C=CCC1=C[C@]2(OC)C(=CC1=O)OC(c1cc(OC)c(OC)c(OC)c1)C2C. The van der Waals surface area contributed by atoms with E-state index >= 15 is 0 Å². The number of benzene rings is 1. The summed E-state index contributed by atoms with van der Waals surface area (Å²) >= 11 is 0. The molecular weight excluding hydrogens is 360 g/mol. The number of hydrogen-bond acceptors (Lipinski definition) is 6. The van der Waals surface area contributed by atoms with Crippen molar-refractivity contribution >= 4 is 5.78 Å². The zero-order chi connectivity index (χ0) is 20.5. The molecule has 6 heteroatoms. The van der Waals surface area contributed by atoms with E-state index in [9.17, 15) is 4.79 Å². The van der Waals surface area contributed by atoms with E-state index in [2.05, 4.69) is 6.58 Å². The number of carbonyl (C=O) groups excluding carboxylic acids is 1. The lowest BCUT2D eigenvalue weighted by Gasteiger charge is -2.31. The maximum atomic E-state index is 12.4. The molecule has 150 valence electrons. The van der Waals surface area contributed by atoms with Gasteiger partial charge in [0, 0.05) is 30.2 Å². The van der Waals surface area contributed by atoms with Gasteiger partial charge in [0.1, 0.15) is 17.5 Å². The predicted octanol–water partition coefficient (Wildman–Crippen LogP) is 3.77. The number of allylic oxidation sites excluding steroid dienone is 3. The summed E-state index contributed by atoms with van der Waals surface area (Å²) < 4.78 is 28.5. The number of methoxy groups -OCH3 is 4. The maximum absolute atomic E-state index is 12.4. The molecule has 2 aliphatic rings. The van der Waals surface area contributed by atoms with Gasteiger partial charge in [0.05, 0.1) is 21.3 Å². The van der Waals surface area contributed by atoms with Gasteiger partial charge in [-0.15, -0.1) is 6.58 Å². The highest BCUT2D eigenvalue weighted by atomic mass is 16.6. The van der Waals surface area contributed by atoms with Crippen LogP contribution in [0.15, 0.2) is 48.3 Å². The maximum Gasteiger partial charge on any atom is 0.203 e. The van der Waals surface area contributed by atoms with Crippen molar-refractivity contribution in [3.63, 3.8) is 0 Å². The molecule has 3 atom stereocenters. The zero-order valence-corrected chi connectivity index (χ0v) is 16.9. The minimum Gasteiger partial charge on any atom is -0.493 e. The molecule has 1 aliphatic carbocycles. The predicted molar refractivity (Wildman–Crippen MR) is 105 cm³/mol. The third kappa shape index (κ3) is 2.98. The Morgan fingerprint density at radius 3 is 2.29 bits per heavy atom.